The van der Waals surface area contributed by atoms with Crippen molar-refractivity contribution in [1.29, 1.82) is 0 Å². The molecule has 2 N–H and O–H groups in total. The van der Waals surface area contributed by atoms with Gasteiger partial charge in [-0.3, -0.25) is 0 Å². The van der Waals surface area contributed by atoms with Gasteiger partial charge in [0.05, 0.1) is 0 Å². The molecule has 2 rings (SSSR count). The van der Waals surface area contributed by atoms with Crippen molar-refractivity contribution in [2.24, 2.45) is 0 Å². The van der Waals surface area contributed by atoms with Gasteiger partial charge in [-0.2, -0.15) is 0 Å². The van der Waals surface area contributed by atoms with Gasteiger partial charge in [0, 0.05) is 15.7 Å². The number of benzene rings is 1. The molecule has 0 fully saturated rings. The summed E-state index contributed by atoms with van der Waals surface area (Å²) in [6.45, 7) is 0. The third-order valence-electron chi connectivity index (χ3n) is 1.73. The van der Waals surface area contributed by atoms with Gasteiger partial charge >= 0.3 is 0 Å². The van der Waals surface area contributed by atoms with Gasteiger partial charge in [0.25, 0.3) is 6.29 Å². The third-order valence-corrected chi connectivity index (χ3v) is 2.46. The minimum atomic E-state index is -0.377. The Labute approximate surface area is 84.3 Å². The van der Waals surface area contributed by atoms with Crippen LogP contribution < -0.4 is 5.73 Å². The Bertz CT molecular complexity index is 343. The molecule has 0 atom stereocenters. The molecule has 3 nitrogen and oxygen atoms in total. The molecule has 0 radical (unpaired) electrons. The number of nitrogen functional groups attached to an aromatic ring is 1. The van der Waals surface area contributed by atoms with Crippen molar-refractivity contribution >= 4 is 21.6 Å². The van der Waals surface area contributed by atoms with E-state index in [-0.39, 0.29) is 6.29 Å². The summed E-state index contributed by atoms with van der Waals surface area (Å²) in [6, 6.07) is 5.51. The maximum Gasteiger partial charge on any atom is 0.267 e. The molecule has 1 aromatic rings. The monoisotopic (exact) mass is 241 g/mol. The number of anilines is 1. The second-order valence-electron chi connectivity index (χ2n) is 2.66. The van der Waals surface area contributed by atoms with E-state index < -0.39 is 0 Å². The summed E-state index contributed by atoms with van der Waals surface area (Å²) < 4.78 is 11.3. The van der Waals surface area contributed by atoms with Crippen LogP contribution in [0.2, 0.25) is 0 Å². The van der Waals surface area contributed by atoms with Crippen molar-refractivity contribution in [2.75, 3.05) is 5.73 Å². The van der Waals surface area contributed by atoms with E-state index in [0.29, 0.717) is 5.69 Å². The Morgan fingerprint density at radius 1 is 1.23 bits per heavy atom. The highest BCUT2D eigenvalue weighted by molar-refractivity contribution is 9.10. The first-order chi connectivity index (χ1) is 6.27. The minimum absolute atomic E-state index is 0.377. The van der Waals surface area contributed by atoms with Gasteiger partial charge in [0.15, 0.2) is 0 Å². The Morgan fingerprint density at radius 2 is 1.92 bits per heavy atom. The summed E-state index contributed by atoms with van der Waals surface area (Å²) in [6.07, 6.45) is 2.65. The number of ether oxygens (including phenoxy) is 2. The fourth-order valence-corrected chi connectivity index (χ4v) is 1.56. The summed E-state index contributed by atoms with van der Waals surface area (Å²) in [7, 11) is 0. The van der Waals surface area contributed by atoms with Crippen LogP contribution in [0, 0.1) is 0 Å². The molecule has 1 heterocycles. The fraction of sp³-hybridized carbons (Fsp3) is 0.111. The lowest BCUT2D eigenvalue weighted by Crippen LogP contribution is -2.00. The Balaban J connectivity index is 2.33. The van der Waals surface area contributed by atoms with Gasteiger partial charge in [-0.25, -0.2) is 0 Å². The molecule has 1 aromatic carbocycles. The van der Waals surface area contributed by atoms with Crippen LogP contribution in [0.15, 0.2) is 35.2 Å². The van der Waals surface area contributed by atoms with Crippen LogP contribution >= 0.6 is 15.9 Å². The van der Waals surface area contributed by atoms with Crippen molar-refractivity contribution in [3.8, 4) is 0 Å². The van der Waals surface area contributed by atoms with Crippen molar-refractivity contribution < 1.29 is 9.47 Å². The Kier molecular flexibility index (Phi) is 2.14. The van der Waals surface area contributed by atoms with E-state index in [9.17, 15) is 0 Å². The maximum atomic E-state index is 5.64. The van der Waals surface area contributed by atoms with Gasteiger partial charge in [0.1, 0.15) is 12.5 Å². The largest absolute Gasteiger partial charge is 0.455 e. The Hall–Kier alpha value is -1.16. The fourth-order valence-electron chi connectivity index (χ4n) is 1.13. The van der Waals surface area contributed by atoms with E-state index in [1.54, 1.807) is 0 Å². The third kappa shape index (κ3) is 1.62. The van der Waals surface area contributed by atoms with Crippen LogP contribution in [0.1, 0.15) is 11.9 Å². The van der Waals surface area contributed by atoms with E-state index in [0.717, 1.165) is 10.0 Å². The summed E-state index contributed by atoms with van der Waals surface area (Å²) >= 11 is 3.40. The number of hydrogen-bond donors (Lipinski definition) is 1. The average molecular weight is 242 g/mol. The molecule has 0 saturated heterocycles. The lowest BCUT2D eigenvalue weighted by molar-refractivity contribution is -0.0251. The van der Waals surface area contributed by atoms with Crippen LogP contribution in [0.25, 0.3) is 0 Å². The topological polar surface area (TPSA) is 44.5 Å². The molecule has 1 aliphatic rings. The van der Waals surface area contributed by atoms with Gasteiger partial charge in [0.2, 0.25) is 0 Å². The van der Waals surface area contributed by atoms with Crippen LogP contribution in [-0.4, -0.2) is 0 Å². The lowest BCUT2D eigenvalue weighted by atomic mass is 10.2. The summed E-state index contributed by atoms with van der Waals surface area (Å²) in [4.78, 5) is 0. The summed E-state index contributed by atoms with van der Waals surface area (Å²) in [5.41, 5.74) is 7.23. The molecule has 0 unspecified atom stereocenters. The van der Waals surface area contributed by atoms with Crippen molar-refractivity contribution in [1.82, 2.24) is 0 Å². The Morgan fingerprint density at radius 3 is 2.62 bits per heavy atom. The molecule has 13 heavy (non-hydrogen) atoms. The van der Waals surface area contributed by atoms with E-state index >= 15 is 0 Å². The highest BCUT2D eigenvalue weighted by Gasteiger charge is 2.18. The van der Waals surface area contributed by atoms with Crippen LogP contribution in [0.4, 0.5) is 5.69 Å². The number of halogens is 1. The van der Waals surface area contributed by atoms with Gasteiger partial charge < -0.3 is 15.2 Å². The van der Waals surface area contributed by atoms with E-state index in [1.807, 2.05) is 18.2 Å². The van der Waals surface area contributed by atoms with Gasteiger partial charge in [-0.15, -0.1) is 0 Å². The zero-order valence-corrected chi connectivity index (χ0v) is 8.32. The maximum absolute atomic E-state index is 5.64. The molecule has 0 aromatic heterocycles. The molecule has 0 spiro atoms. The predicted molar refractivity (Wildman–Crippen MR) is 52.6 cm³/mol. The predicted octanol–water partition coefficient (Wildman–Crippen LogP) is 2.55. The van der Waals surface area contributed by atoms with Gasteiger partial charge in [-0.05, 0) is 18.2 Å². The first-order valence-electron chi connectivity index (χ1n) is 3.78. The smallest absolute Gasteiger partial charge is 0.267 e. The number of nitrogens with two attached hydrogens (primary N) is 1. The molecule has 68 valence electrons. The summed E-state index contributed by atoms with van der Waals surface area (Å²) in [5.74, 6) is 0. The van der Waals surface area contributed by atoms with Crippen LogP contribution in [-0.2, 0) is 9.47 Å². The molecule has 0 aliphatic carbocycles. The van der Waals surface area contributed by atoms with Gasteiger partial charge in [-0.1, -0.05) is 15.9 Å². The normalized spacial score (nSPS) is 15.5. The molecule has 4 heteroatoms. The first kappa shape index (κ1) is 8.44. The standard InChI is InChI=1S/C9H8BrNO2/c10-8-2-1-6(11)5-7(8)9-12-3-4-13-9/h1-5,9H,11H2. The highest BCUT2D eigenvalue weighted by Crippen LogP contribution is 2.31. The highest BCUT2D eigenvalue weighted by atomic mass is 79.9. The lowest BCUT2D eigenvalue weighted by Gasteiger charge is -2.12. The van der Waals surface area contributed by atoms with Crippen LogP contribution in [0.5, 0.6) is 0 Å². The zero-order chi connectivity index (χ0) is 9.26. The van der Waals surface area contributed by atoms with E-state index in [4.69, 9.17) is 15.2 Å². The number of hydrogen-bond acceptors (Lipinski definition) is 3. The van der Waals surface area contributed by atoms with E-state index in [2.05, 4.69) is 15.9 Å². The molecule has 0 bridgehead atoms. The first-order valence-corrected chi connectivity index (χ1v) is 4.57. The second kappa shape index (κ2) is 3.30. The van der Waals surface area contributed by atoms with Crippen molar-refractivity contribution in [3.63, 3.8) is 0 Å². The quantitative estimate of drug-likeness (QED) is 0.769. The number of rotatable bonds is 1. The van der Waals surface area contributed by atoms with Crippen LogP contribution in [0.3, 0.4) is 0 Å². The molecule has 1 aliphatic heterocycles. The van der Waals surface area contributed by atoms with Crippen molar-refractivity contribution in [3.05, 3.63) is 40.8 Å². The van der Waals surface area contributed by atoms with E-state index in [1.165, 1.54) is 12.5 Å². The summed E-state index contributed by atoms with van der Waals surface area (Å²) in [5, 5.41) is 0. The molecule has 0 amide bonds. The molecular weight excluding hydrogens is 234 g/mol. The van der Waals surface area contributed by atoms with Crippen molar-refractivity contribution in [2.45, 2.75) is 6.29 Å². The SMILES string of the molecule is Nc1ccc(Br)c(C2OC=CO2)c1. The average Bonchev–Trinajstić information content (AvgIpc) is 2.61. The minimum Gasteiger partial charge on any atom is -0.455 e. The zero-order valence-electron chi connectivity index (χ0n) is 6.74. The second-order valence-corrected chi connectivity index (χ2v) is 3.51. The molecular formula is C9H8BrNO2. The molecule has 0 saturated carbocycles.